The molecule has 2 rings (SSSR count). The molecule has 0 spiro atoms. The summed E-state index contributed by atoms with van der Waals surface area (Å²) >= 11 is 0. The number of carbonyl (C=O) groups is 1. The Bertz CT molecular complexity index is 200. The second-order valence-electron chi connectivity index (χ2n) is 4.64. The van der Waals surface area contributed by atoms with Crippen LogP contribution in [0.3, 0.4) is 0 Å². The Labute approximate surface area is 79.3 Å². The molecule has 0 radical (unpaired) electrons. The van der Waals surface area contributed by atoms with Crippen LogP contribution in [0.1, 0.15) is 44.9 Å². The van der Waals surface area contributed by atoms with Gasteiger partial charge in [-0.15, -0.1) is 0 Å². The first kappa shape index (κ1) is 9.04. The number of carboxylic acids is 1. The second-order valence-corrected chi connectivity index (χ2v) is 4.64. The van der Waals surface area contributed by atoms with Crippen LogP contribution in [0.2, 0.25) is 0 Å². The molecule has 13 heavy (non-hydrogen) atoms. The van der Waals surface area contributed by atoms with Crippen molar-refractivity contribution in [2.75, 3.05) is 0 Å². The van der Waals surface area contributed by atoms with E-state index >= 15 is 0 Å². The molecular formula is C11H18O2. The minimum absolute atomic E-state index is 0.418. The van der Waals surface area contributed by atoms with Crippen molar-refractivity contribution in [1.29, 1.82) is 0 Å². The molecule has 0 aliphatic heterocycles. The number of rotatable bonds is 2. The first-order chi connectivity index (χ1) is 6.27. The third-order valence-corrected chi connectivity index (χ3v) is 3.92. The molecule has 3 unspecified atom stereocenters. The van der Waals surface area contributed by atoms with Gasteiger partial charge in [0, 0.05) is 6.42 Å². The van der Waals surface area contributed by atoms with Gasteiger partial charge in [-0.2, -0.15) is 0 Å². The fraction of sp³-hybridized carbons (Fsp3) is 0.909. The Kier molecular flexibility index (Phi) is 2.56. The zero-order chi connectivity index (χ0) is 9.26. The molecule has 1 N–H and O–H groups in total. The molecule has 0 aromatic carbocycles. The van der Waals surface area contributed by atoms with E-state index in [0.717, 1.165) is 11.8 Å². The largest absolute Gasteiger partial charge is 0.481 e. The lowest BCUT2D eigenvalue weighted by atomic mass is 9.77. The quantitative estimate of drug-likeness (QED) is 0.713. The topological polar surface area (TPSA) is 37.3 Å². The maximum absolute atomic E-state index is 10.6. The molecule has 74 valence electrons. The van der Waals surface area contributed by atoms with Crippen LogP contribution in [-0.2, 0) is 4.79 Å². The molecule has 2 aliphatic carbocycles. The number of hydrogen-bond acceptors (Lipinski definition) is 1. The van der Waals surface area contributed by atoms with Gasteiger partial charge in [0.25, 0.3) is 0 Å². The van der Waals surface area contributed by atoms with E-state index in [0.29, 0.717) is 12.3 Å². The molecule has 2 heteroatoms. The van der Waals surface area contributed by atoms with Crippen molar-refractivity contribution in [1.82, 2.24) is 0 Å². The van der Waals surface area contributed by atoms with E-state index in [4.69, 9.17) is 5.11 Å². The van der Waals surface area contributed by atoms with E-state index in [9.17, 15) is 4.79 Å². The van der Waals surface area contributed by atoms with Crippen LogP contribution in [0.25, 0.3) is 0 Å². The van der Waals surface area contributed by atoms with Crippen molar-refractivity contribution in [3.8, 4) is 0 Å². The molecule has 2 saturated carbocycles. The molecule has 3 atom stereocenters. The van der Waals surface area contributed by atoms with Crippen LogP contribution in [0, 0.1) is 17.8 Å². The average molecular weight is 182 g/mol. The highest BCUT2D eigenvalue weighted by atomic mass is 16.4. The molecule has 0 aromatic rings. The fourth-order valence-electron chi connectivity index (χ4n) is 3.34. The van der Waals surface area contributed by atoms with Gasteiger partial charge in [0.05, 0.1) is 0 Å². The molecule has 2 aliphatic rings. The lowest BCUT2D eigenvalue weighted by Crippen LogP contribution is -2.20. The Hall–Kier alpha value is -0.530. The van der Waals surface area contributed by atoms with Crippen molar-refractivity contribution in [2.45, 2.75) is 44.9 Å². The normalized spacial score (nSPS) is 38.6. The summed E-state index contributed by atoms with van der Waals surface area (Å²) in [5.41, 5.74) is 0. The number of hydrogen-bond donors (Lipinski definition) is 1. The highest BCUT2D eigenvalue weighted by molar-refractivity contribution is 5.67. The Balaban J connectivity index is 1.94. The van der Waals surface area contributed by atoms with E-state index in [1.165, 1.54) is 38.5 Å². The van der Waals surface area contributed by atoms with Gasteiger partial charge in [0.15, 0.2) is 0 Å². The first-order valence-electron chi connectivity index (χ1n) is 5.49. The highest BCUT2D eigenvalue weighted by Crippen LogP contribution is 2.46. The number of fused-ring (bicyclic) bond motifs is 1. The number of carboxylic acid groups (broad SMARTS) is 1. The van der Waals surface area contributed by atoms with Crippen molar-refractivity contribution >= 4 is 5.97 Å². The van der Waals surface area contributed by atoms with Crippen LogP contribution in [0.5, 0.6) is 0 Å². The van der Waals surface area contributed by atoms with Crippen molar-refractivity contribution in [2.24, 2.45) is 17.8 Å². The van der Waals surface area contributed by atoms with Crippen LogP contribution in [0.15, 0.2) is 0 Å². The Morgan fingerprint density at radius 1 is 1.15 bits per heavy atom. The third kappa shape index (κ3) is 1.87. The fourth-order valence-corrected chi connectivity index (χ4v) is 3.34. The van der Waals surface area contributed by atoms with Gasteiger partial charge in [-0.1, -0.05) is 19.3 Å². The van der Waals surface area contributed by atoms with Crippen LogP contribution < -0.4 is 0 Å². The van der Waals surface area contributed by atoms with Crippen molar-refractivity contribution in [3.63, 3.8) is 0 Å². The van der Waals surface area contributed by atoms with Gasteiger partial charge < -0.3 is 5.11 Å². The summed E-state index contributed by atoms with van der Waals surface area (Å²) in [7, 11) is 0. The average Bonchev–Trinajstić information content (AvgIpc) is 2.48. The monoisotopic (exact) mass is 182 g/mol. The van der Waals surface area contributed by atoms with Gasteiger partial charge in [0.2, 0.25) is 0 Å². The van der Waals surface area contributed by atoms with E-state index in [1.807, 2.05) is 0 Å². The Morgan fingerprint density at radius 2 is 1.92 bits per heavy atom. The summed E-state index contributed by atoms with van der Waals surface area (Å²) in [5, 5.41) is 8.76. The summed E-state index contributed by atoms with van der Waals surface area (Å²) in [5.74, 6) is 1.53. The standard InChI is InChI=1S/C11H18O2/c12-11(13)7-9-6-5-8-3-1-2-4-10(8)9/h8-10H,1-7H2,(H,12,13). The second kappa shape index (κ2) is 3.69. The van der Waals surface area contributed by atoms with Gasteiger partial charge in [-0.25, -0.2) is 0 Å². The van der Waals surface area contributed by atoms with Gasteiger partial charge in [0.1, 0.15) is 0 Å². The maximum Gasteiger partial charge on any atom is 0.303 e. The van der Waals surface area contributed by atoms with E-state index in [2.05, 4.69) is 0 Å². The van der Waals surface area contributed by atoms with Crippen LogP contribution >= 0.6 is 0 Å². The SMILES string of the molecule is O=C(O)CC1CCC2CCCCC21. The summed E-state index contributed by atoms with van der Waals surface area (Å²) in [6, 6.07) is 0. The van der Waals surface area contributed by atoms with Gasteiger partial charge in [-0.05, 0) is 37.0 Å². The molecule has 0 saturated heterocycles. The minimum atomic E-state index is -0.601. The minimum Gasteiger partial charge on any atom is -0.481 e. The number of aliphatic carboxylic acids is 1. The lowest BCUT2D eigenvalue weighted by Gasteiger charge is -2.28. The zero-order valence-corrected chi connectivity index (χ0v) is 8.04. The summed E-state index contributed by atoms with van der Waals surface area (Å²) < 4.78 is 0. The molecular weight excluding hydrogens is 164 g/mol. The summed E-state index contributed by atoms with van der Waals surface area (Å²) in [6.07, 6.45) is 8.24. The summed E-state index contributed by atoms with van der Waals surface area (Å²) in [6.45, 7) is 0. The summed E-state index contributed by atoms with van der Waals surface area (Å²) in [4.78, 5) is 10.6. The van der Waals surface area contributed by atoms with Crippen LogP contribution in [-0.4, -0.2) is 11.1 Å². The molecule has 0 aromatic heterocycles. The van der Waals surface area contributed by atoms with Gasteiger partial charge in [-0.3, -0.25) is 4.79 Å². The predicted octanol–water partition coefficient (Wildman–Crippen LogP) is 2.68. The van der Waals surface area contributed by atoms with E-state index in [1.54, 1.807) is 0 Å². The lowest BCUT2D eigenvalue weighted by molar-refractivity contribution is -0.138. The first-order valence-corrected chi connectivity index (χ1v) is 5.49. The highest BCUT2D eigenvalue weighted by Gasteiger charge is 2.37. The zero-order valence-electron chi connectivity index (χ0n) is 8.04. The van der Waals surface area contributed by atoms with Crippen molar-refractivity contribution in [3.05, 3.63) is 0 Å². The molecule has 0 heterocycles. The van der Waals surface area contributed by atoms with E-state index in [-0.39, 0.29) is 0 Å². The maximum atomic E-state index is 10.6. The smallest absolute Gasteiger partial charge is 0.303 e. The molecule has 0 bridgehead atoms. The molecule has 0 amide bonds. The van der Waals surface area contributed by atoms with Crippen LogP contribution in [0.4, 0.5) is 0 Å². The van der Waals surface area contributed by atoms with E-state index < -0.39 is 5.97 Å². The predicted molar refractivity (Wildman–Crippen MR) is 50.4 cm³/mol. The molecule has 2 nitrogen and oxygen atoms in total. The van der Waals surface area contributed by atoms with Gasteiger partial charge >= 0.3 is 5.97 Å². The molecule has 2 fully saturated rings. The Morgan fingerprint density at radius 3 is 2.69 bits per heavy atom. The van der Waals surface area contributed by atoms with Crippen molar-refractivity contribution < 1.29 is 9.90 Å². The third-order valence-electron chi connectivity index (χ3n) is 3.92.